The second kappa shape index (κ2) is 8.13. The molecule has 1 aliphatic rings. The number of hydrogen-bond donors (Lipinski definition) is 1. The molecule has 1 aliphatic heterocycles. The number of hydrogen-bond acceptors (Lipinski definition) is 3. The van der Waals surface area contributed by atoms with Crippen molar-refractivity contribution in [1.82, 2.24) is 15.1 Å². The standard InChI is InChI=1S/C18H28ClN3O/c1-13(2)17(22-7-5-21(4)6-8-22)12-20-18(23)15-9-14(3)10-16(19)11-15/h9-11,13,17H,5-8,12H2,1-4H3,(H,20,23)/t17-/m0/s1. The molecule has 0 unspecified atom stereocenters. The summed E-state index contributed by atoms with van der Waals surface area (Å²) in [5.41, 5.74) is 1.64. The first-order valence-corrected chi connectivity index (χ1v) is 8.72. The summed E-state index contributed by atoms with van der Waals surface area (Å²) >= 11 is 6.05. The lowest BCUT2D eigenvalue weighted by Gasteiger charge is -2.39. The van der Waals surface area contributed by atoms with Gasteiger partial charge in [-0.05, 0) is 43.7 Å². The highest BCUT2D eigenvalue weighted by Gasteiger charge is 2.25. The van der Waals surface area contributed by atoms with Crippen LogP contribution in [0.3, 0.4) is 0 Å². The van der Waals surface area contributed by atoms with Crippen molar-refractivity contribution in [1.29, 1.82) is 0 Å². The zero-order valence-corrected chi connectivity index (χ0v) is 15.4. The fraction of sp³-hybridized carbons (Fsp3) is 0.611. The Morgan fingerprint density at radius 3 is 2.43 bits per heavy atom. The molecule has 1 amide bonds. The number of carbonyl (C=O) groups is 1. The molecule has 1 atom stereocenters. The van der Waals surface area contributed by atoms with E-state index in [1.54, 1.807) is 6.07 Å². The monoisotopic (exact) mass is 337 g/mol. The molecule has 0 aromatic heterocycles. The lowest BCUT2D eigenvalue weighted by Crippen LogP contribution is -2.54. The number of benzene rings is 1. The molecule has 5 heteroatoms. The second-order valence-electron chi connectivity index (χ2n) is 6.88. The highest BCUT2D eigenvalue weighted by atomic mass is 35.5. The smallest absolute Gasteiger partial charge is 0.251 e. The largest absolute Gasteiger partial charge is 0.350 e. The van der Waals surface area contributed by atoms with Gasteiger partial charge in [0.2, 0.25) is 0 Å². The molecule has 1 saturated heterocycles. The molecular weight excluding hydrogens is 310 g/mol. The highest BCUT2D eigenvalue weighted by Crippen LogP contribution is 2.16. The molecule has 128 valence electrons. The lowest BCUT2D eigenvalue weighted by molar-refractivity contribution is 0.0791. The molecular formula is C18H28ClN3O. The van der Waals surface area contributed by atoms with E-state index in [1.807, 2.05) is 19.1 Å². The number of nitrogens with zero attached hydrogens (tertiary/aromatic N) is 2. The fourth-order valence-corrected chi connectivity index (χ4v) is 3.40. The van der Waals surface area contributed by atoms with Gasteiger partial charge in [0.1, 0.15) is 0 Å². The summed E-state index contributed by atoms with van der Waals surface area (Å²) in [6.07, 6.45) is 0. The Kier molecular flexibility index (Phi) is 6.45. The van der Waals surface area contributed by atoms with Crippen molar-refractivity contribution < 1.29 is 4.79 Å². The molecule has 0 bridgehead atoms. The average Bonchev–Trinajstić information content (AvgIpc) is 2.47. The van der Waals surface area contributed by atoms with E-state index < -0.39 is 0 Å². The van der Waals surface area contributed by atoms with Gasteiger partial charge >= 0.3 is 0 Å². The van der Waals surface area contributed by atoms with Crippen LogP contribution in [0.15, 0.2) is 18.2 Å². The number of amides is 1. The molecule has 0 radical (unpaired) electrons. The van der Waals surface area contributed by atoms with Crippen molar-refractivity contribution in [2.75, 3.05) is 39.8 Å². The Hall–Kier alpha value is -1.10. The average molecular weight is 338 g/mol. The minimum atomic E-state index is -0.0459. The Labute approximate surface area is 144 Å². The van der Waals surface area contributed by atoms with Gasteiger partial charge in [-0.3, -0.25) is 9.69 Å². The molecule has 1 aromatic rings. The molecule has 0 aliphatic carbocycles. The van der Waals surface area contributed by atoms with Crippen LogP contribution in [0.2, 0.25) is 5.02 Å². The number of halogens is 1. The van der Waals surface area contributed by atoms with Gasteiger partial charge < -0.3 is 10.2 Å². The second-order valence-corrected chi connectivity index (χ2v) is 7.31. The Bertz CT molecular complexity index is 519. The molecule has 23 heavy (non-hydrogen) atoms. The third kappa shape index (κ3) is 5.20. The molecule has 1 N–H and O–H groups in total. The van der Waals surface area contributed by atoms with E-state index >= 15 is 0 Å². The van der Waals surface area contributed by atoms with Gasteiger partial charge in [0.05, 0.1) is 0 Å². The van der Waals surface area contributed by atoms with E-state index in [2.05, 4.69) is 36.0 Å². The summed E-state index contributed by atoms with van der Waals surface area (Å²) in [5.74, 6) is 0.454. The highest BCUT2D eigenvalue weighted by molar-refractivity contribution is 6.31. The fourth-order valence-electron chi connectivity index (χ4n) is 3.11. The van der Waals surface area contributed by atoms with Crippen LogP contribution in [0.5, 0.6) is 0 Å². The van der Waals surface area contributed by atoms with Crippen LogP contribution in [0, 0.1) is 12.8 Å². The summed E-state index contributed by atoms with van der Waals surface area (Å²) in [6, 6.07) is 5.83. The zero-order valence-electron chi connectivity index (χ0n) is 14.6. The quantitative estimate of drug-likeness (QED) is 0.897. The van der Waals surface area contributed by atoms with Crippen LogP contribution >= 0.6 is 11.6 Å². The first kappa shape index (κ1) is 18.2. The predicted octanol–water partition coefficient (Wildman–Crippen LogP) is 2.65. The van der Waals surface area contributed by atoms with E-state index in [0.717, 1.165) is 31.7 Å². The Morgan fingerprint density at radius 2 is 1.87 bits per heavy atom. The van der Waals surface area contributed by atoms with E-state index in [0.29, 0.717) is 29.1 Å². The SMILES string of the molecule is Cc1cc(Cl)cc(C(=O)NC[C@@H](C(C)C)N2CCN(C)CC2)c1. The number of aryl methyl sites for hydroxylation is 1. The molecule has 0 spiro atoms. The van der Waals surface area contributed by atoms with Crippen molar-refractivity contribution in [2.45, 2.75) is 26.8 Å². The lowest BCUT2D eigenvalue weighted by atomic mass is 10.0. The number of rotatable bonds is 5. The molecule has 1 aromatic carbocycles. The van der Waals surface area contributed by atoms with Crippen LogP contribution in [0.4, 0.5) is 0 Å². The summed E-state index contributed by atoms with van der Waals surface area (Å²) in [7, 11) is 2.16. The van der Waals surface area contributed by atoms with Crippen LogP contribution in [0.1, 0.15) is 29.8 Å². The van der Waals surface area contributed by atoms with Gasteiger partial charge in [0, 0.05) is 49.4 Å². The molecule has 2 rings (SSSR count). The van der Waals surface area contributed by atoms with Gasteiger partial charge in [0.25, 0.3) is 5.91 Å². The van der Waals surface area contributed by atoms with Gasteiger partial charge in [-0.1, -0.05) is 25.4 Å². The third-order valence-corrected chi connectivity index (χ3v) is 4.77. The Balaban J connectivity index is 1.96. The van der Waals surface area contributed by atoms with Crippen molar-refractivity contribution in [3.63, 3.8) is 0 Å². The van der Waals surface area contributed by atoms with E-state index in [4.69, 9.17) is 11.6 Å². The Morgan fingerprint density at radius 1 is 1.22 bits per heavy atom. The van der Waals surface area contributed by atoms with Gasteiger partial charge in [0.15, 0.2) is 0 Å². The van der Waals surface area contributed by atoms with E-state index in [9.17, 15) is 4.79 Å². The first-order valence-electron chi connectivity index (χ1n) is 8.35. The number of piperazine rings is 1. The maximum Gasteiger partial charge on any atom is 0.251 e. The minimum absolute atomic E-state index is 0.0459. The third-order valence-electron chi connectivity index (χ3n) is 4.55. The number of likely N-dealkylation sites (N-methyl/N-ethyl adjacent to an activating group) is 1. The van der Waals surface area contributed by atoms with Crippen LogP contribution < -0.4 is 5.32 Å². The number of carbonyl (C=O) groups excluding carboxylic acids is 1. The minimum Gasteiger partial charge on any atom is -0.350 e. The predicted molar refractivity (Wildman–Crippen MR) is 96.2 cm³/mol. The van der Waals surface area contributed by atoms with Crippen molar-refractivity contribution in [3.05, 3.63) is 34.3 Å². The molecule has 1 fully saturated rings. The summed E-state index contributed by atoms with van der Waals surface area (Å²) in [5, 5.41) is 3.70. The topological polar surface area (TPSA) is 35.6 Å². The van der Waals surface area contributed by atoms with Crippen molar-refractivity contribution in [3.8, 4) is 0 Å². The summed E-state index contributed by atoms with van der Waals surface area (Å²) in [4.78, 5) is 17.3. The molecule has 1 heterocycles. The van der Waals surface area contributed by atoms with Crippen LogP contribution in [0.25, 0.3) is 0 Å². The maximum atomic E-state index is 12.4. The van der Waals surface area contributed by atoms with Crippen LogP contribution in [-0.4, -0.2) is 61.5 Å². The van der Waals surface area contributed by atoms with E-state index in [1.165, 1.54) is 0 Å². The van der Waals surface area contributed by atoms with Gasteiger partial charge in [-0.25, -0.2) is 0 Å². The van der Waals surface area contributed by atoms with Crippen molar-refractivity contribution >= 4 is 17.5 Å². The zero-order chi connectivity index (χ0) is 17.0. The molecule has 0 saturated carbocycles. The normalized spacial score (nSPS) is 18.2. The van der Waals surface area contributed by atoms with Gasteiger partial charge in [-0.15, -0.1) is 0 Å². The van der Waals surface area contributed by atoms with Gasteiger partial charge in [-0.2, -0.15) is 0 Å². The molecule has 4 nitrogen and oxygen atoms in total. The van der Waals surface area contributed by atoms with E-state index in [-0.39, 0.29) is 5.91 Å². The first-order chi connectivity index (χ1) is 10.9. The maximum absolute atomic E-state index is 12.4. The number of nitrogens with one attached hydrogen (secondary N) is 1. The summed E-state index contributed by atoms with van der Waals surface area (Å²) < 4.78 is 0. The van der Waals surface area contributed by atoms with Crippen molar-refractivity contribution in [2.24, 2.45) is 5.92 Å². The van der Waals surface area contributed by atoms with Crippen LogP contribution in [-0.2, 0) is 0 Å². The summed E-state index contributed by atoms with van der Waals surface area (Å²) in [6.45, 7) is 11.4.